The Morgan fingerprint density at radius 3 is 2.90 bits per heavy atom. The lowest BCUT2D eigenvalue weighted by molar-refractivity contribution is 0.790. The SMILES string of the molecule is CCCC/C(C)=C/c1ccc(-c2ccnc(N)c2C)s1. The summed E-state index contributed by atoms with van der Waals surface area (Å²) in [5.74, 6) is 0.618. The molecule has 0 atom stereocenters. The third-order valence-corrected chi connectivity index (χ3v) is 4.51. The van der Waals surface area contributed by atoms with Crippen molar-refractivity contribution in [3.05, 3.63) is 40.4 Å². The van der Waals surface area contributed by atoms with Gasteiger partial charge in [-0.3, -0.25) is 0 Å². The van der Waals surface area contributed by atoms with E-state index in [4.69, 9.17) is 5.73 Å². The lowest BCUT2D eigenvalue weighted by Crippen LogP contribution is -1.94. The van der Waals surface area contributed by atoms with Gasteiger partial charge in [0.1, 0.15) is 5.82 Å². The van der Waals surface area contributed by atoms with E-state index in [1.807, 2.05) is 24.3 Å². The lowest BCUT2D eigenvalue weighted by Gasteiger charge is -2.04. The van der Waals surface area contributed by atoms with Crippen LogP contribution >= 0.6 is 11.3 Å². The molecule has 0 aliphatic heterocycles. The lowest BCUT2D eigenvalue weighted by atomic mass is 10.1. The zero-order valence-corrected chi connectivity index (χ0v) is 13.3. The highest BCUT2D eigenvalue weighted by Gasteiger charge is 2.07. The molecule has 2 aromatic rings. The molecule has 0 saturated carbocycles. The Hall–Kier alpha value is -1.61. The summed E-state index contributed by atoms with van der Waals surface area (Å²) < 4.78 is 0. The molecule has 0 aliphatic carbocycles. The van der Waals surface area contributed by atoms with E-state index in [0.717, 1.165) is 5.56 Å². The number of allylic oxidation sites excluding steroid dienone is 1. The standard InChI is InChI=1S/C17H22N2S/c1-4-5-6-12(2)11-14-7-8-16(20-14)15-9-10-19-17(18)13(15)3/h7-11H,4-6H2,1-3H3,(H2,18,19)/b12-11+. The Bertz CT molecular complexity index is 611. The Labute approximate surface area is 125 Å². The zero-order valence-electron chi connectivity index (χ0n) is 12.4. The van der Waals surface area contributed by atoms with Gasteiger partial charge in [-0.05, 0) is 62.1 Å². The Morgan fingerprint density at radius 2 is 2.15 bits per heavy atom. The van der Waals surface area contributed by atoms with Gasteiger partial charge in [-0.25, -0.2) is 4.98 Å². The molecule has 2 N–H and O–H groups in total. The van der Waals surface area contributed by atoms with Crippen molar-refractivity contribution in [1.82, 2.24) is 4.98 Å². The maximum atomic E-state index is 5.88. The molecule has 2 aromatic heterocycles. The van der Waals surface area contributed by atoms with Crippen LogP contribution in [0.15, 0.2) is 30.0 Å². The van der Waals surface area contributed by atoms with Crippen molar-refractivity contribution >= 4 is 23.2 Å². The maximum absolute atomic E-state index is 5.88. The van der Waals surface area contributed by atoms with Gasteiger partial charge < -0.3 is 5.73 Å². The van der Waals surface area contributed by atoms with Crippen LogP contribution in [0.5, 0.6) is 0 Å². The maximum Gasteiger partial charge on any atom is 0.126 e. The fraction of sp³-hybridized carbons (Fsp3) is 0.353. The average molecular weight is 286 g/mol. The van der Waals surface area contributed by atoms with Crippen molar-refractivity contribution in [3.8, 4) is 10.4 Å². The number of nitrogen functional groups attached to an aromatic ring is 1. The molecular weight excluding hydrogens is 264 g/mol. The van der Waals surface area contributed by atoms with Crippen molar-refractivity contribution < 1.29 is 0 Å². The number of thiophene rings is 1. The van der Waals surface area contributed by atoms with E-state index in [0.29, 0.717) is 5.82 Å². The van der Waals surface area contributed by atoms with Gasteiger partial charge in [0.2, 0.25) is 0 Å². The second-order valence-electron chi connectivity index (χ2n) is 5.17. The summed E-state index contributed by atoms with van der Waals surface area (Å²) >= 11 is 1.81. The van der Waals surface area contributed by atoms with E-state index in [1.165, 1.54) is 40.2 Å². The Kier molecular flexibility index (Phi) is 4.96. The van der Waals surface area contributed by atoms with E-state index in [9.17, 15) is 0 Å². The van der Waals surface area contributed by atoms with Crippen LogP contribution in [-0.2, 0) is 0 Å². The van der Waals surface area contributed by atoms with Crippen molar-refractivity contribution in [2.24, 2.45) is 0 Å². The second-order valence-corrected chi connectivity index (χ2v) is 6.28. The summed E-state index contributed by atoms with van der Waals surface area (Å²) in [7, 11) is 0. The largest absolute Gasteiger partial charge is 0.383 e. The van der Waals surface area contributed by atoms with Gasteiger partial charge in [-0.15, -0.1) is 11.3 Å². The molecule has 0 bridgehead atoms. The summed E-state index contributed by atoms with van der Waals surface area (Å²) in [6, 6.07) is 6.39. The average Bonchev–Trinajstić information content (AvgIpc) is 2.88. The number of hydrogen-bond donors (Lipinski definition) is 1. The third-order valence-electron chi connectivity index (χ3n) is 3.45. The molecule has 0 aromatic carbocycles. The molecule has 3 heteroatoms. The van der Waals surface area contributed by atoms with Gasteiger partial charge in [0.05, 0.1) is 0 Å². The van der Waals surface area contributed by atoms with Crippen LogP contribution in [-0.4, -0.2) is 4.98 Å². The molecule has 2 nitrogen and oxygen atoms in total. The molecule has 0 radical (unpaired) electrons. The summed E-state index contributed by atoms with van der Waals surface area (Å²) in [6.07, 6.45) is 7.77. The smallest absolute Gasteiger partial charge is 0.126 e. The molecule has 0 spiro atoms. The molecule has 0 saturated heterocycles. The second kappa shape index (κ2) is 6.71. The van der Waals surface area contributed by atoms with Crippen LogP contribution in [0.3, 0.4) is 0 Å². The number of nitrogens with zero attached hydrogens (tertiary/aromatic N) is 1. The van der Waals surface area contributed by atoms with Gasteiger partial charge in [0, 0.05) is 16.0 Å². The van der Waals surface area contributed by atoms with Gasteiger partial charge in [0.25, 0.3) is 0 Å². The summed E-state index contributed by atoms with van der Waals surface area (Å²) in [5.41, 5.74) is 9.58. The molecule has 0 fully saturated rings. The highest BCUT2D eigenvalue weighted by Crippen LogP contribution is 2.33. The van der Waals surface area contributed by atoms with E-state index in [-0.39, 0.29) is 0 Å². The number of nitrogens with two attached hydrogens (primary N) is 1. The van der Waals surface area contributed by atoms with Crippen LogP contribution in [0.2, 0.25) is 0 Å². The number of pyridine rings is 1. The highest BCUT2D eigenvalue weighted by molar-refractivity contribution is 7.16. The molecular formula is C17H22N2S. The minimum Gasteiger partial charge on any atom is -0.383 e. The van der Waals surface area contributed by atoms with Crippen molar-refractivity contribution in [1.29, 1.82) is 0 Å². The number of hydrogen-bond acceptors (Lipinski definition) is 3. The normalized spacial score (nSPS) is 11.8. The van der Waals surface area contributed by atoms with Crippen LogP contribution < -0.4 is 5.73 Å². The first kappa shape index (κ1) is 14.8. The molecule has 2 heterocycles. The van der Waals surface area contributed by atoms with Gasteiger partial charge in [0.15, 0.2) is 0 Å². The number of aromatic nitrogens is 1. The molecule has 2 rings (SSSR count). The molecule has 0 unspecified atom stereocenters. The van der Waals surface area contributed by atoms with E-state index < -0.39 is 0 Å². The number of rotatable bonds is 5. The first-order chi connectivity index (χ1) is 9.61. The van der Waals surface area contributed by atoms with E-state index >= 15 is 0 Å². The predicted molar refractivity (Wildman–Crippen MR) is 89.9 cm³/mol. The number of anilines is 1. The van der Waals surface area contributed by atoms with Crippen molar-refractivity contribution in [2.45, 2.75) is 40.0 Å². The van der Waals surface area contributed by atoms with E-state index in [1.54, 1.807) is 6.20 Å². The quantitative estimate of drug-likeness (QED) is 0.810. The molecule has 20 heavy (non-hydrogen) atoms. The topological polar surface area (TPSA) is 38.9 Å². The minimum atomic E-state index is 0.618. The van der Waals surface area contributed by atoms with Crippen LogP contribution in [0.4, 0.5) is 5.82 Å². The summed E-state index contributed by atoms with van der Waals surface area (Å²) in [6.45, 7) is 6.47. The number of unbranched alkanes of at least 4 members (excludes halogenated alkanes) is 1. The van der Waals surface area contributed by atoms with Crippen molar-refractivity contribution in [3.63, 3.8) is 0 Å². The Morgan fingerprint density at radius 1 is 1.35 bits per heavy atom. The minimum absolute atomic E-state index is 0.618. The summed E-state index contributed by atoms with van der Waals surface area (Å²) in [4.78, 5) is 6.69. The monoisotopic (exact) mass is 286 g/mol. The van der Waals surface area contributed by atoms with Crippen molar-refractivity contribution in [2.75, 3.05) is 5.73 Å². The first-order valence-corrected chi connectivity index (χ1v) is 7.92. The van der Waals surface area contributed by atoms with Gasteiger partial charge in [-0.1, -0.05) is 18.9 Å². The molecule has 0 amide bonds. The predicted octanol–water partition coefficient (Wildman–Crippen LogP) is 5.29. The van der Waals surface area contributed by atoms with Gasteiger partial charge in [-0.2, -0.15) is 0 Å². The fourth-order valence-electron chi connectivity index (χ4n) is 2.16. The zero-order chi connectivity index (χ0) is 14.5. The Balaban J connectivity index is 2.23. The molecule has 0 aliphatic rings. The molecule has 106 valence electrons. The summed E-state index contributed by atoms with van der Waals surface area (Å²) in [5, 5.41) is 0. The first-order valence-electron chi connectivity index (χ1n) is 7.10. The van der Waals surface area contributed by atoms with Crippen LogP contribution in [0, 0.1) is 6.92 Å². The highest BCUT2D eigenvalue weighted by atomic mass is 32.1. The van der Waals surface area contributed by atoms with Gasteiger partial charge >= 0.3 is 0 Å². The fourth-order valence-corrected chi connectivity index (χ4v) is 3.28. The van der Waals surface area contributed by atoms with Crippen LogP contribution in [0.1, 0.15) is 43.6 Å². The van der Waals surface area contributed by atoms with E-state index in [2.05, 4.69) is 37.0 Å². The van der Waals surface area contributed by atoms with Crippen LogP contribution in [0.25, 0.3) is 16.5 Å². The third kappa shape index (κ3) is 3.48.